The number of carbonyl (C=O) groups excluding carboxylic acids is 1. The molecule has 8 heteroatoms. The molecule has 0 unspecified atom stereocenters. The standard InChI is InChI=1S/C10H10F2N4O2/c1-5-13-7(4-18-5)10(17)14-6-3-16(2)15-8(6)9(11)12/h3-4,9H,1-2H3,(H,14,17). The van der Waals surface area contributed by atoms with Crippen LogP contribution in [-0.2, 0) is 7.05 Å². The lowest BCUT2D eigenvalue weighted by Gasteiger charge is -2.01. The van der Waals surface area contributed by atoms with Gasteiger partial charge in [0.15, 0.2) is 17.3 Å². The summed E-state index contributed by atoms with van der Waals surface area (Å²) in [6.45, 7) is 1.57. The zero-order valence-electron chi connectivity index (χ0n) is 9.65. The highest BCUT2D eigenvalue weighted by atomic mass is 19.3. The number of carbonyl (C=O) groups is 1. The Kier molecular flexibility index (Phi) is 3.09. The molecule has 0 aliphatic rings. The predicted molar refractivity (Wildman–Crippen MR) is 57.4 cm³/mol. The lowest BCUT2D eigenvalue weighted by Crippen LogP contribution is -2.13. The van der Waals surface area contributed by atoms with Crippen LogP contribution in [0.15, 0.2) is 16.9 Å². The fourth-order valence-corrected chi connectivity index (χ4v) is 1.42. The van der Waals surface area contributed by atoms with Crippen LogP contribution in [-0.4, -0.2) is 20.7 Å². The average molecular weight is 256 g/mol. The van der Waals surface area contributed by atoms with Crippen molar-refractivity contribution in [2.45, 2.75) is 13.3 Å². The van der Waals surface area contributed by atoms with Gasteiger partial charge in [0.2, 0.25) is 0 Å². The number of rotatable bonds is 3. The van der Waals surface area contributed by atoms with Gasteiger partial charge in [-0.1, -0.05) is 0 Å². The summed E-state index contributed by atoms with van der Waals surface area (Å²) in [6.07, 6.45) is -0.310. The van der Waals surface area contributed by atoms with Crippen molar-refractivity contribution in [3.63, 3.8) is 0 Å². The maximum atomic E-state index is 12.6. The number of nitrogens with one attached hydrogen (secondary N) is 1. The minimum absolute atomic E-state index is 0.0246. The highest BCUT2D eigenvalue weighted by Crippen LogP contribution is 2.25. The Balaban J connectivity index is 2.21. The van der Waals surface area contributed by atoms with Gasteiger partial charge in [-0.3, -0.25) is 9.48 Å². The number of oxazole rings is 1. The minimum atomic E-state index is -2.76. The van der Waals surface area contributed by atoms with E-state index >= 15 is 0 Å². The molecule has 0 spiro atoms. The van der Waals surface area contributed by atoms with E-state index in [1.165, 1.54) is 17.9 Å². The third-order valence-electron chi connectivity index (χ3n) is 2.16. The molecule has 1 N–H and O–H groups in total. The number of halogens is 2. The summed E-state index contributed by atoms with van der Waals surface area (Å²) in [7, 11) is 1.49. The summed E-state index contributed by atoms with van der Waals surface area (Å²) in [6, 6.07) is 0. The number of anilines is 1. The highest BCUT2D eigenvalue weighted by molar-refractivity contribution is 6.02. The molecule has 0 aliphatic heterocycles. The van der Waals surface area contributed by atoms with Gasteiger partial charge < -0.3 is 9.73 Å². The quantitative estimate of drug-likeness (QED) is 0.910. The van der Waals surface area contributed by atoms with Gasteiger partial charge in [0.05, 0.1) is 5.69 Å². The number of amides is 1. The van der Waals surface area contributed by atoms with Gasteiger partial charge >= 0.3 is 0 Å². The molecule has 0 fully saturated rings. The van der Waals surface area contributed by atoms with Crippen molar-refractivity contribution in [3.8, 4) is 0 Å². The number of hydrogen-bond acceptors (Lipinski definition) is 4. The van der Waals surface area contributed by atoms with Crippen LogP contribution >= 0.6 is 0 Å². The van der Waals surface area contributed by atoms with E-state index in [-0.39, 0.29) is 11.4 Å². The summed E-state index contributed by atoms with van der Waals surface area (Å²) in [5.74, 6) is -0.304. The fraction of sp³-hybridized carbons (Fsp3) is 0.300. The molecule has 0 aliphatic carbocycles. The van der Waals surface area contributed by atoms with Gasteiger partial charge in [-0.15, -0.1) is 0 Å². The van der Waals surface area contributed by atoms with Gasteiger partial charge in [-0.25, -0.2) is 13.8 Å². The van der Waals surface area contributed by atoms with Crippen LogP contribution in [0, 0.1) is 6.92 Å². The number of hydrogen-bond donors (Lipinski definition) is 1. The molecule has 0 bridgehead atoms. The molecular weight excluding hydrogens is 246 g/mol. The van der Waals surface area contributed by atoms with E-state index in [0.717, 1.165) is 6.26 Å². The number of aromatic nitrogens is 3. The SMILES string of the molecule is Cc1nc(C(=O)Nc2cn(C)nc2C(F)F)co1. The summed E-state index contributed by atoms with van der Waals surface area (Å²) >= 11 is 0. The van der Waals surface area contributed by atoms with Crippen molar-refractivity contribution in [1.29, 1.82) is 0 Å². The Morgan fingerprint density at radius 1 is 1.56 bits per heavy atom. The monoisotopic (exact) mass is 256 g/mol. The Hall–Kier alpha value is -2.25. The van der Waals surface area contributed by atoms with Gasteiger partial charge in [-0.05, 0) is 0 Å². The average Bonchev–Trinajstić information content (AvgIpc) is 2.85. The molecule has 2 aromatic rings. The molecule has 0 saturated carbocycles. The van der Waals surface area contributed by atoms with E-state index in [9.17, 15) is 13.6 Å². The number of nitrogens with zero attached hydrogens (tertiary/aromatic N) is 3. The third kappa shape index (κ3) is 2.36. The van der Waals surface area contributed by atoms with Gasteiger partial charge in [0, 0.05) is 20.2 Å². The molecule has 0 radical (unpaired) electrons. The molecule has 2 rings (SSSR count). The topological polar surface area (TPSA) is 73.0 Å². The molecule has 0 saturated heterocycles. The zero-order chi connectivity index (χ0) is 13.3. The first-order valence-electron chi connectivity index (χ1n) is 5.02. The van der Waals surface area contributed by atoms with Crippen molar-refractivity contribution in [2.24, 2.45) is 7.05 Å². The Morgan fingerprint density at radius 3 is 2.83 bits per heavy atom. The van der Waals surface area contributed by atoms with Crippen LogP contribution in [0.5, 0.6) is 0 Å². The Morgan fingerprint density at radius 2 is 2.28 bits per heavy atom. The molecule has 0 aromatic carbocycles. The van der Waals surface area contributed by atoms with Crippen molar-refractivity contribution in [2.75, 3.05) is 5.32 Å². The maximum absolute atomic E-state index is 12.6. The molecule has 6 nitrogen and oxygen atoms in total. The summed E-state index contributed by atoms with van der Waals surface area (Å²) in [5, 5.41) is 5.89. The van der Waals surface area contributed by atoms with Crippen LogP contribution in [0.3, 0.4) is 0 Å². The van der Waals surface area contributed by atoms with Gasteiger partial charge in [-0.2, -0.15) is 5.10 Å². The van der Waals surface area contributed by atoms with Crippen molar-refractivity contribution in [1.82, 2.24) is 14.8 Å². The van der Waals surface area contributed by atoms with E-state index in [1.54, 1.807) is 6.92 Å². The maximum Gasteiger partial charge on any atom is 0.284 e. The molecule has 2 aromatic heterocycles. The highest BCUT2D eigenvalue weighted by Gasteiger charge is 2.20. The predicted octanol–water partition coefficient (Wildman–Crippen LogP) is 1.91. The fourth-order valence-electron chi connectivity index (χ4n) is 1.42. The first-order chi connectivity index (χ1) is 8.47. The summed E-state index contributed by atoms with van der Waals surface area (Å²) in [5.41, 5.74) is -0.499. The van der Waals surface area contributed by atoms with Gasteiger partial charge in [0.1, 0.15) is 6.26 Å². The largest absolute Gasteiger partial charge is 0.448 e. The van der Waals surface area contributed by atoms with Crippen LogP contribution in [0.2, 0.25) is 0 Å². The van der Waals surface area contributed by atoms with Crippen LogP contribution < -0.4 is 5.32 Å². The first kappa shape index (κ1) is 12.2. The second-order valence-electron chi connectivity index (χ2n) is 3.61. The summed E-state index contributed by atoms with van der Waals surface area (Å²) in [4.78, 5) is 15.5. The van der Waals surface area contributed by atoms with Crippen molar-refractivity contribution in [3.05, 3.63) is 29.7 Å². The van der Waals surface area contributed by atoms with E-state index in [2.05, 4.69) is 15.4 Å². The van der Waals surface area contributed by atoms with Crippen LogP contribution in [0.4, 0.5) is 14.5 Å². The molecule has 1 amide bonds. The lowest BCUT2D eigenvalue weighted by molar-refractivity contribution is 0.102. The van der Waals surface area contributed by atoms with Crippen molar-refractivity contribution >= 4 is 11.6 Å². The van der Waals surface area contributed by atoms with E-state index in [1.807, 2.05) is 0 Å². The Bertz CT molecular complexity index is 576. The lowest BCUT2D eigenvalue weighted by atomic mass is 10.3. The van der Waals surface area contributed by atoms with Crippen LogP contribution in [0.1, 0.15) is 28.5 Å². The molecular formula is C10H10F2N4O2. The zero-order valence-corrected chi connectivity index (χ0v) is 9.65. The smallest absolute Gasteiger partial charge is 0.284 e. The normalized spacial score (nSPS) is 10.9. The number of alkyl halides is 2. The third-order valence-corrected chi connectivity index (χ3v) is 2.16. The molecule has 2 heterocycles. The summed E-state index contributed by atoms with van der Waals surface area (Å²) < 4.78 is 31.3. The van der Waals surface area contributed by atoms with Gasteiger partial charge in [0.25, 0.3) is 12.3 Å². The van der Waals surface area contributed by atoms with E-state index in [0.29, 0.717) is 5.89 Å². The molecule has 0 atom stereocenters. The molecule has 18 heavy (non-hydrogen) atoms. The minimum Gasteiger partial charge on any atom is -0.448 e. The second kappa shape index (κ2) is 4.55. The second-order valence-corrected chi connectivity index (χ2v) is 3.61. The molecule has 96 valence electrons. The number of aryl methyl sites for hydroxylation is 2. The Labute approximate surface area is 101 Å². The van der Waals surface area contributed by atoms with Crippen LogP contribution in [0.25, 0.3) is 0 Å². The van der Waals surface area contributed by atoms with Crippen molar-refractivity contribution < 1.29 is 18.0 Å². The first-order valence-corrected chi connectivity index (χ1v) is 5.02. The van der Waals surface area contributed by atoms with E-state index < -0.39 is 18.0 Å². The van der Waals surface area contributed by atoms with E-state index in [4.69, 9.17) is 4.42 Å².